The van der Waals surface area contributed by atoms with Gasteiger partial charge in [0.1, 0.15) is 0 Å². The standard InChI is InChI=1S/C15H16F11I/c1-2-3-4-5-6-7-9(27)8-10(16)11(17,18)13(21,22)15(25,26)14(23,24)12(10,19)20/h8H,2-7H2,1H3. The molecule has 0 atom stereocenters. The highest BCUT2D eigenvalue weighted by atomic mass is 127. The topological polar surface area (TPSA) is 0 Å². The summed E-state index contributed by atoms with van der Waals surface area (Å²) < 4.78 is 148. The average Bonchev–Trinajstić information content (AvgIpc) is 2.52. The molecule has 12 heteroatoms. The molecule has 27 heavy (non-hydrogen) atoms. The van der Waals surface area contributed by atoms with E-state index < -0.39 is 44.9 Å². The maximum atomic E-state index is 14.5. The summed E-state index contributed by atoms with van der Waals surface area (Å²) >= 11 is 1.06. The minimum atomic E-state index is -7.16. The molecule has 1 rings (SSSR count). The Hall–Kier alpha value is -0.300. The number of allylic oxidation sites excluding steroid dienone is 2. The van der Waals surface area contributed by atoms with Crippen LogP contribution in [0.2, 0.25) is 0 Å². The Labute approximate surface area is 161 Å². The van der Waals surface area contributed by atoms with Gasteiger partial charge in [0.15, 0.2) is 0 Å². The Bertz CT molecular complexity index is 538. The lowest BCUT2D eigenvalue weighted by Gasteiger charge is -2.51. The monoisotopic (exact) mass is 532 g/mol. The molecule has 0 aromatic rings. The van der Waals surface area contributed by atoms with E-state index >= 15 is 0 Å². The molecule has 0 aromatic carbocycles. The van der Waals surface area contributed by atoms with E-state index in [0.29, 0.717) is 12.8 Å². The molecule has 0 aromatic heterocycles. The number of hydrogen-bond donors (Lipinski definition) is 0. The van der Waals surface area contributed by atoms with Gasteiger partial charge in [0.05, 0.1) is 0 Å². The summed E-state index contributed by atoms with van der Waals surface area (Å²) in [6.45, 7) is 1.87. The van der Waals surface area contributed by atoms with Gasteiger partial charge in [-0.1, -0.05) is 32.6 Å². The van der Waals surface area contributed by atoms with Crippen molar-refractivity contribution in [2.45, 2.75) is 80.7 Å². The maximum Gasteiger partial charge on any atom is 0.384 e. The zero-order chi connectivity index (χ0) is 21.5. The van der Waals surface area contributed by atoms with Crippen molar-refractivity contribution in [2.75, 3.05) is 0 Å². The molecule has 0 nitrogen and oxygen atoms in total. The van der Waals surface area contributed by atoms with E-state index in [2.05, 4.69) is 0 Å². The molecule has 1 aliphatic carbocycles. The number of alkyl halides is 11. The van der Waals surface area contributed by atoms with Gasteiger partial charge in [-0.2, -0.15) is 43.9 Å². The second-order valence-electron chi connectivity index (χ2n) is 6.34. The van der Waals surface area contributed by atoms with Crippen LogP contribution in [0, 0.1) is 0 Å². The molecule has 0 amide bonds. The van der Waals surface area contributed by atoms with E-state index in [1.54, 1.807) is 0 Å². The lowest BCUT2D eigenvalue weighted by molar-refractivity contribution is -0.476. The van der Waals surface area contributed by atoms with Crippen LogP contribution in [0.3, 0.4) is 0 Å². The van der Waals surface area contributed by atoms with Gasteiger partial charge in [-0.15, -0.1) is 0 Å². The zero-order valence-electron chi connectivity index (χ0n) is 13.9. The van der Waals surface area contributed by atoms with Crippen LogP contribution in [0.15, 0.2) is 9.66 Å². The highest BCUT2D eigenvalue weighted by Gasteiger charge is 3.00. The normalized spacial score (nSPS) is 27.4. The van der Waals surface area contributed by atoms with Crippen LogP contribution < -0.4 is 0 Å². The first-order chi connectivity index (χ1) is 12.0. The lowest BCUT2D eigenvalue weighted by atomic mass is 9.72. The van der Waals surface area contributed by atoms with Crippen LogP contribution in [-0.2, 0) is 0 Å². The number of halogens is 12. The fourth-order valence-corrected chi connectivity index (χ4v) is 3.42. The minimum Gasteiger partial charge on any atom is -0.225 e. The van der Waals surface area contributed by atoms with Crippen molar-refractivity contribution in [3.63, 3.8) is 0 Å². The van der Waals surface area contributed by atoms with Crippen molar-refractivity contribution in [2.24, 2.45) is 0 Å². The van der Waals surface area contributed by atoms with Crippen LogP contribution >= 0.6 is 22.6 Å². The van der Waals surface area contributed by atoms with Gasteiger partial charge in [0.2, 0.25) is 0 Å². The van der Waals surface area contributed by atoms with Gasteiger partial charge in [0, 0.05) is 0 Å². The SMILES string of the molecule is CCCCCCCC(I)=CC1(F)C(F)(F)C(F)(F)C(F)(F)C(F)(F)C1(F)F. The Morgan fingerprint density at radius 2 is 1.00 bits per heavy atom. The second-order valence-corrected chi connectivity index (χ2v) is 7.72. The van der Waals surface area contributed by atoms with Crippen LogP contribution in [0.5, 0.6) is 0 Å². The number of rotatable bonds is 7. The Kier molecular flexibility index (Phi) is 6.88. The highest BCUT2D eigenvalue weighted by molar-refractivity contribution is 14.1. The van der Waals surface area contributed by atoms with Crippen molar-refractivity contribution in [3.05, 3.63) is 9.66 Å². The van der Waals surface area contributed by atoms with Gasteiger partial charge < -0.3 is 0 Å². The molecule has 0 heterocycles. The predicted molar refractivity (Wildman–Crippen MR) is 84.1 cm³/mol. The van der Waals surface area contributed by atoms with E-state index in [1.165, 1.54) is 0 Å². The summed E-state index contributed by atoms with van der Waals surface area (Å²) in [5.41, 5.74) is -6.01. The quantitative estimate of drug-likeness (QED) is 0.180. The first kappa shape index (κ1) is 24.7. The summed E-state index contributed by atoms with van der Waals surface area (Å²) in [5, 5.41) is 0. The molecule has 0 N–H and O–H groups in total. The van der Waals surface area contributed by atoms with Crippen LogP contribution in [0.1, 0.15) is 45.4 Å². The van der Waals surface area contributed by atoms with Crippen molar-refractivity contribution in [1.82, 2.24) is 0 Å². The summed E-state index contributed by atoms with van der Waals surface area (Å²) in [5.74, 6) is -34.8. The van der Waals surface area contributed by atoms with Gasteiger partial charge in [-0.25, -0.2) is 4.39 Å². The molecule has 0 radical (unpaired) electrons. The van der Waals surface area contributed by atoms with E-state index in [1.807, 2.05) is 6.92 Å². The smallest absolute Gasteiger partial charge is 0.225 e. The lowest BCUT2D eigenvalue weighted by Crippen LogP contribution is -2.83. The van der Waals surface area contributed by atoms with Crippen LogP contribution in [0.25, 0.3) is 0 Å². The van der Waals surface area contributed by atoms with E-state index in [-0.39, 0.29) is 12.8 Å². The number of hydrogen-bond acceptors (Lipinski definition) is 0. The van der Waals surface area contributed by atoms with E-state index in [4.69, 9.17) is 0 Å². The molecule has 0 spiro atoms. The van der Waals surface area contributed by atoms with Gasteiger partial charge in [0.25, 0.3) is 5.67 Å². The first-order valence-electron chi connectivity index (χ1n) is 7.91. The third-order valence-electron chi connectivity index (χ3n) is 4.37. The molecular weight excluding hydrogens is 516 g/mol. The van der Waals surface area contributed by atoms with Gasteiger partial charge in [-0.3, -0.25) is 0 Å². The average molecular weight is 532 g/mol. The summed E-state index contributed by atoms with van der Waals surface area (Å²) in [7, 11) is 0. The Morgan fingerprint density at radius 1 is 0.630 bits per heavy atom. The summed E-state index contributed by atoms with van der Waals surface area (Å²) in [6.07, 6.45) is 1.79. The molecule has 1 saturated carbocycles. The largest absolute Gasteiger partial charge is 0.384 e. The molecule has 0 saturated heterocycles. The van der Waals surface area contributed by atoms with Crippen molar-refractivity contribution in [1.29, 1.82) is 0 Å². The molecule has 160 valence electrons. The fraction of sp³-hybridized carbons (Fsp3) is 0.867. The molecule has 1 aliphatic rings. The molecular formula is C15H16F11I. The number of unbranched alkanes of at least 4 members (excludes halogenated alkanes) is 4. The van der Waals surface area contributed by atoms with Crippen LogP contribution in [-0.4, -0.2) is 35.3 Å². The molecule has 1 fully saturated rings. The maximum absolute atomic E-state index is 14.5. The predicted octanol–water partition coefficient (Wildman–Crippen LogP) is 7.56. The van der Waals surface area contributed by atoms with E-state index in [0.717, 1.165) is 35.4 Å². The molecule has 0 bridgehead atoms. The van der Waals surface area contributed by atoms with E-state index in [9.17, 15) is 48.3 Å². The second kappa shape index (κ2) is 7.51. The fourth-order valence-electron chi connectivity index (χ4n) is 2.61. The minimum absolute atomic E-state index is 0.158. The summed E-state index contributed by atoms with van der Waals surface area (Å²) in [4.78, 5) is 0. The third kappa shape index (κ3) is 3.34. The molecule has 0 unspecified atom stereocenters. The zero-order valence-corrected chi connectivity index (χ0v) is 16.0. The van der Waals surface area contributed by atoms with Crippen LogP contribution in [0.4, 0.5) is 48.3 Å². The van der Waals surface area contributed by atoms with Gasteiger partial charge in [-0.05, 0) is 45.1 Å². The third-order valence-corrected chi connectivity index (χ3v) is 5.22. The summed E-state index contributed by atoms with van der Waals surface area (Å²) in [6, 6.07) is 0. The Morgan fingerprint density at radius 3 is 1.41 bits per heavy atom. The van der Waals surface area contributed by atoms with Crippen molar-refractivity contribution >= 4 is 22.6 Å². The van der Waals surface area contributed by atoms with Gasteiger partial charge >= 0.3 is 29.6 Å². The Balaban J connectivity index is 3.34. The van der Waals surface area contributed by atoms with Crippen molar-refractivity contribution in [3.8, 4) is 0 Å². The highest BCUT2D eigenvalue weighted by Crippen LogP contribution is 2.69. The first-order valence-corrected chi connectivity index (χ1v) is 8.98. The van der Waals surface area contributed by atoms with Crippen molar-refractivity contribution < 1.29 is 48.3 Å². The molecule has 0 aliphatic heterocycles.